The number of carbonyl (C=O) groups excluding carboxylic acids is 2. The number of hydrogen-bond acceptors (Lipinski definition) is 4. The molecule has 0 saturated heterocycles. The highest BCUT2D eigenvalue weighted by molar-refractivity contribution is 6.05. The molecule has 0 bridgehead atoms. The third kappa shape index (κ3) is 3.06. The van der Waals surface area contributed by atoms with Crippen molar-refractivity contribution in [2.75, 3.05) is 19.4 Å². The van der Waals surface area contributed by atoms with Gasteiger partial charge in [-0.25, -0.2) is 4.98 Å². The van der Waals surface area contributed by atoms with Crippen LogP contribution in [0.1, 0.15) is 26.3 Å². The van der Waals surface area contributed by atoms with Gasteiger partial charge in [0.15, 0.2) is 0 Å². The van der Waals surface area contributed by atoms with E-state index in [9.17, 15) is 14.4 Å². The Balaban J connectivity index is 1.97. The molecule has 26 heavy (non-hydrogen) atoms. The largest absolute Gasteiger partial charge is 0.345 e. The molecule has 3 rings (SSSR count). The first-order valence-electron chi connectivity index (χ1n) is 7.99. The standard InChI is InChI=1S/C19H18N4O3/c1-12-13(18(25)22(2)3)7-6-8-15(12)21-17(24)14-11-20-16-9-4-5-10-23(16)19(14)26/h4-11H,1-3H3,(H,21,24). The Morgan fingerprint density at radius 2 is 1.85 bits per heavy atom. The van der Waals surface area contributed by atoms with Crippen LogP contribution in [0.3, 0.4) is 0 Å². The van der Waals surface area contributed by atoms with Gasteiger partial charge in [-0.15, -0.1) is 0 Å². The summed E-state index contributed by atoms with van der Waals surface area (Å²) in [7, 11) is 3.32. The first-order chi connectivity index (χ1) is 12.4. The Morgan fingerprint density at radius 3 is 2.58 bits per heavy atom. The minimum Gasteiger partial charge on any atom is -0.345 e. The van der Waals surface area contributed by atoms with Crippen molar-refractivity contribution in [3.8, 4) is 0 Å². The number of hydrogen-bond donors (Lipinski definition) is 1. The third-order valence-corrected chi connectivity index (χ3v) is 4.08. The fourth-order valence-corrected chi connectivity index (χ4v) is 2.62. The van der Waals surface area contributed by atoms with Gasteiger partial charge in [0.2, 0.25) is 0 Å². The maximum Gasteiger partial charge on any atom is 0.270 e. The second-order valence-corrected chi connectivity index (χ2v) is 6.04. The molecular formula is C19H18N4O3. The zero-order valence-corrected chi connectivity index (χ0v) is 14.7. The summed E-state index contributed by atoms with van der Waals surface area (Å²) < 4.78 is 1.31. The lowest BCUT2D eigenvalue weighted by atomic mass is 10.1. The fraction of sp³-hybridized carbons (Fsp3) is 0.158. The first kappa shape index (κ1) is 17.3. The van der Waals surface area contributed by atoms with Gasteiger partial charge in [-0.1, -0.05) is 12.1 Å². The smallest absolute Gasteiger partial charge is 0.270 e. The van der Waals surface area contributed by atoms with Crippen molar-refractivity contribution in [2.45, 2.75) is 6.92 Å². The van der Waals surface area contributed by atoms with E-state index in [0.29, 0.717) is 22.5 Å². The minimum absolute atomic E-state index is 0.0718. The predicted octanol–water partition coefficient (Wildman–Crippen LogP) is 1.96. The molecule has 2 amide bonds. The summed E-state index contributed by atoms with van der Waals surface area (Å²) in [5.74, 6) is -0.732. The number of amides is 2. The van der Waals surface area contributed by atoms with E-state index in [0.717, 1.165) is 0 Å². The zero-order valence-electron chi connectivity index (χ0n) is 14.7. The zero-order chi connectivity index (χ0) is 18.8. The molecule has 0 spiro atoms. The van der Waals surface area contributed by atoms with Gasteiger partial charge in [0, 0.05) is 37.7 Å². The van der Waals surface area contributed by atoms with Crippen molar-refractivity contribution in [3.05, 3.63) is 75.8 Å². The van der Waals surface area contributed by atoms with E-state index in [4.69, 9.17) is 0 Å². The van der Waals surface area contributed by atoms with Gasteiger partial charge in [-0.3, -0.25) is 18.8 Å². The Kier molecular flexibility index (Phi) is 4.53. The quantitative estimate of drug-likeness (QED) is 0.783. The van der Waals surface area contributed by atoms with E-state index in [1.54, 1.807) is 63.6 Å². The highest BCUT2D eigenvalue weighted by Crippen LogP contribution is 2.20. The van der Waals surface area contributed by atoms with Gasteiger partial charge in [-0.05, 0) is 36.8 Å². The lowest BCUT2D eigenvalue weighted by Gasteiger charge is -2.15. The monoisotopic (exact) mass is 350 g/mol. The van der Waals surface area contributed by atoms with Gasteiger partial charge in [0.05, 0.1) is 0 Å². The molecule has 0 fully saturated rings. The van der Waals surface area contributed by atoms with Crippen molar-refractivity contribution >= 4 is 23.1 Å². The van der Waals surface area contributed by atoms with Crippen molar-refractivity contribution in [1.29, 1.82) is 0 Å². The number of anilines is 1. The van der Waals surface area contributed by atoms with Gasteiger partial charge in [0.25, 0.3) is 17.4 Å². The summed E-state index contributed by atoms with van der Waals surface area (Å²) in [6.45, 7) is 1.75. The average molecular weight is 350 g/mol. The Hall–Kier alpha value is -3.48. The molecule has 0 saturated carbocycles. The van der Waals surface area contributed by atoms with Gasteiger partial charge >= 0.3 is 0 Å². The van der Waals surface area contributed by atoms with Gasteiger partial charge < -0.3 is 10.2 Å². The summed E-state index contributed by atoms with van der Waals surface area (Å²) >= 11 is 0. The molecule has 1 aromatic carbocycles. The second kappa shape index (κ2) is 6.79. The average Bonchev–Trinajstić information content (AvgIpc) is 2.63. The van der Waals surface area contributed by atoms with Gasteiger partial charge in [0.1, 0.15) is 11.2 Å². The molecule has 2 heterocycles. The third-order valence-electron chi connectivity index (χ3n) is 4.08. The van der Waals surface area contributed by atoms with Crippen LogP contribution in [0.5, 0.6) is 0 Å². The van der Waals surface area contributed by atoms with E-state index >= 15 is 0 Å². The van der Waals surface area contributed by atoms with Crippen LogP contribution < -0.4 is 10.9 Å². The van der Waals surface area contributed by atoms with Crippen LogP contribution in [0.4, 0.5) is 5.69 Å². The molecule has 0 radical (unpaired) electrons. The molecule has 0 atom stereocenters. The van der Waals surface area contributed by atoms with Crippen LogP contribution in [0.2, 0.25) is 0 Å². The number of nitrogens with one attached hydrogen (secondary N) is 1. The van der Waals surface area contributed by atoms with Crippen molar-refractivity contribution in [2.24, 2.45) is 0 Å². The highest BCUT2D eigenvalue weighted by atomic mass is 16.2. The van der Waals surface area contributed by atoms with Crippen LogP contribution >= 0.6 is 0 Å². The lowest BCUT2D eigenvalue weighted by molar-refractivity contribution is 0.0826. The number of pyridine rings is 1. The number of aromatic nitrogens is 2. The molecule has 132 valence electrons. The van der Waals surface area contributed by atoms with E-state index in [1.807, 2.05) is 0 Å². The molecule has 7 nitrogen and oxygen atoms in total. The fourth-order valence-electron chi connectivity index (χ4n) is 2.62. The molecule has 0 aliphatic heterocycles. The SMILES string of the molecule is Cc1c(NC(=O)c2cnc3ccccn3c2=O)cccc1C(=O)N(C)C. The molecule has 3 aromatic rings. The Morgan fingerprint density at radius 1 is 1.08 bits per heavy atom. The highest BCUT2D eigenvalue weighted by Gasteiger charge is 2.17. The van der Waals surface area contributed by atoms with Gasteiger partial charge in [-0.2, -0.15) is 0 Å². The number of fused-ring (bicyclic) bond motifs is 1. The van der Waals surface area contributed by atoms with E-state index in [-0.39, 0.29) is 11.5 Å². The van der Waals surface area contributed by atoms with Crippen LogP contribution in [0.15, 0.2) is 53.6 Å². The van der Waals surface area contributed by atoms with Crippen LogP contribution in [-0.4, -0.2) is 40.2 Å². The number of benzene rings is 1. The Labute approximate surface area is 149 Å². The number of carbonyl (C=O) groups is 2. The molecular weight excluding hydrogens is 332 g/mol. The summed E-state index contributed by atoms with van der Waals surface area (Å²) in [5.41, 5.74) is 1.53. The Bertz CT molecular complexity index is 1070. The molecule has 1 N–H and O–H groups in total. The number of nitrogens with zero attached hydrogens (tertiary/aromatic N) is 3. The van der Waals surface area contributed by atoms with Crippen LogP contribution in [-0.2, 0) is 0 Å². The number of rotatable bonds is 3. The van der Waals surface area contributed by atoms with Crippen LogP contribution in [0.25, 0.3) is 5.65 Å². The molecule has 0 unspecified atom stereocenters. The molecule has 7 heteroatoms. The summed E-state index contributed by atoms with van der Waals surface area (Å²) in [6.07, 6.45) is 2.82. The summed E-state index contributed by atoms with van der Waals surface area (Å²) in [6, 6.07) is 10.2. The minimum atomic E-state index is -0.571. The topological polar surface area (TPSA) is 83.8 Å². The maximum absolute atomic E-state index is 12.6. The predicted molar refractivity (Wildman–Crippen MR) is 98.6 cm³/mol. The first-order valence-corrected chi connectivity index (χ1v) is 7.99. The molecule has 0 aliphatic carbocycles. The van der Waals surface area contributed by atoms with E-state index in [1.165, 1.54) is 15.5 Å². The van der Waals surface area contributed by atoms with Crippen molar-refractivity contribution < 1.29 is 9.59 Å². The summed E-state index contributed by atoms with van der Waals surface area (Å²) in [4.78, 5) is 42.9. The van der Waals surface area contributed by atoms with E-state index < -0.39 is 11.5 Å². The summed E-state index contributed by atoms with van der Waals surface area (Å²) in [5, 5.41) is 2.70. The van der Waals surface area contributed by atoms with Crippen molar-refractivity contribution in [1.82, 2.24) is 14.3 Å². The van der Waals surface area contributed by atoms with Crippen molar-refractivity contribution in [3.63, 3.8) is 0 Å². The lowest BCUT2D eigenvalue weighted by Crippen LogP contribution is -2.27. The second-order valence-electron chi connectivity index (χ2n) is 6.04. The van der Waals surface area contributed by atoms with E-state index in [2.05, 4.69) is 10.3 Å². The maximum atomic E-state index is 12.6. The normalized spacial score (nSPS) is 10.6. The molecule has 2 aromatic heterocycles. The molecule has 0 aliphatic rings. The van der Waals surface area contributed by atoms with Crippen LogP contribution in [0, 0.1) is 6.92 Å².